The molecular formula is C21H20N2O7S2. The summed E-state index contributed by atoms with van der Waals surface area (Å²) >= 11 is 6.25. The second-order valence-corrected chi connectivity index (χ2v) is 9.05. The molecule has 0 saturated carbocycles. The van der Waals surface area contributed by atoms with Crippen LogP contribution in [-0.2, 0) is 9.59 Å². The number of carbonyl (C=O) groups is 2. The first-order chi connectivity index (χ1) is 15.1. The van der Waals surface area contributed by atoms with E-state index in [0.717, 1.165) is 16.7 Å². The molecule has 32 heavy (non-hydrogen) atoms. The molecule has 1 aromatic heterocycles. The molecular weight excluding hydrogens is 456 g/mol. The number of carboxylic acids is 1. The third kappa shape index (κ3) is 4.83. The maximum Gasteiger partial charge on any atom is 0.326 e. The van der Waals surface area contributed by atoms with Crippen LogP contribution in [0.25, 0.3) is 17.4 Å². The van der Waals surface area contributed by atoms with Gasteiger partial charge in [-0.2, -0.15) is 0 Å². The molecule has 3 rings (SSSR count). The Labute approximate surface area is 193 Å². The number of hydrogen-bond acceptors (Lipinski definition) is 8. The van der Waals surface area contributed by atoms with Crippen molar-refractivity contribution in [1.82, 2.24) is 4.90 Å². The average molecular weight is 477 g/mol. The third-order valence-corrected chi connectivity index (χ3v) is 6.01. The van der Waals surface area contributed by atoms with E-state index in [4.69, 9.17) is 21.4 Å². The van der Waals surface area contributed by atoms with Gasteiger partial charge in [0.25, 0.3) is 11.6 Å². The van der Waals surface area contributed by atoms with Gasteiger partial charge in [-0.3, -0.25) is 19.8 Å². The van der Waals surface area contributed by atoms with Gasteiger partial charge < -0.3 is 14.3 Å². The Hall–Kier alpha value is -3.18. The second-order valence-electron chi connectivity index (χ2n) is 7.38. The monoisotopic (exact) mass is 476 g/mol. The van der Waals surface area contributed by atoms with Crippen LogP contribution in [0.3, 0.4) is 0 Å². The zero-order valence-electron chi connectivity index (χ0n) is 17.4. The normalized spacial score (nSPS) is 16.1. The van der Waals surface area contributed by atoms with Gasteiger partial charge in [-0.15, -0.1) is 0 Å². The Balaban J connectivity index is 1.90. The third-order valence-electron chi connectivity index (χ3n) is 4.68. The number of thiocarbonyl (C=S) groups is 1. The molecule has 0 radical (unpaired) electrons. The summed E-state index contributed by atoms with van der Waals surface area (Å²) in [6.45, 7) is 3.73. The zero-order valence-corrected chi connectivity index (χ0v) is 19.1. The quantitative estimate of drug-likeness (QED) is 0.253. The summed E-state index contributed by atoms with van der Waals surface area (Å²) in [5.41, 5.74) is 0.0698. The number of nitro groups is 1. The van der Waals surface area contributed by atoms with Gasteiger partial charge in [-0.25, -0.2) is 4.79 Å². The molecule has 0 spiro atoms. The standard InChI is InChI=1S/C21H20N2O7S2/c1-11(2)8-16(20(25)26)22-19(24)18(32-21(22)31)10-13-5-7-17(30-13)14-6-4-12(29-3)9-15(14)23(27)28/h4-7,9-11,16H,8H2,1-3H3,(H,25,26)/b18-10+/t16-/m1/s1. The fourth-order valence-electron chi connectivity index (χ4n) is 3.21. The minimum absolute atomic E-state index is 0.0534. The van der Waals surface area contributed by atoms with E-state index in [-0.39, 0.29) is 44.3 Å². The van der Waals surface area contributed by atoms with Crippen molar-refractivity contribution < 1.29 is 28.8 Å². The molecule has 1 aliphatic heterocycles. The summed E-state index contributed by atoms with van der Waals surface area (Å²) in [6, 6.07) is 6.46. The smallest absolute Gasteiger partial charge is 0.326 e. The van der Waals surface area contributed by atoms with Crippen LogP contribution < -0.4 is 4.74 Å². The van der Waals surface area contributed by atoms with Crippen LogP contribution in [0.15, 0.2) is 39.7 Å². The van der Waals surface area contributed by atoms with E-state index in [1.54, 1.807) is 18.2 Å². The van der Waals surface area contributed by atoms with Gasteiger partial charge >= 0.3 is 5.97 Å². The molecule has 1 fully saturated rings. The molecule has 0 unspecified atom stereocenters. The topological polar surface area (TPSA) is 123 Å². The molecule has 2 aromatic rings. The molecule has 2 heterocycles. The van der Waals surface area contributed by atoms with Crippen molar-refractivity contribution in [2.45, 2.75) is 26.3 Å². The van der Waals surface area contributed by atoms with E-state index in [2.05, 4.69) is 0 Å². The van der Waals surface area contributed by atoms with E-state index in [1.807, 2.05) is 13.8 Å². The Kier molecular flexibility index (Phi) is 6.99. The largest absolute Gasteiger partial charge is 0.497 e. The molecule has 1 saturated heterocycles. The summed E-state index contributed by atoms with van der Waals surface area (Å²) in [5.74, 6) is -0.724. The van der Waals surface area contributed by atoms with Crippen molar-refractivity contribution in [3.63, 3.8) is 0 Å². The number of ether oxygens (including phenoxy) is 1. The number of amides is 1. The van der Waals surface area contributed by atoms with Crippen molar-refractivity contribution in [3.8, 4) is 17.1 Å². The molecule has 1 aromatic carbocycles. The molecule has 168 valence electrons. The van der Waals surface area contributed by atoms with Crippen LogP contribution in [0.2, 0.25) is 0 Å². The highest BCUT2D eigenvalue weighted by molar-refractivity contribution is 8.26. The number of carbonyl (C=O) groups excluding carboxylic acids is 1. The number of nitro benzene ring substituents is 1. The van der Waals surface area contributed by atoms with E-state index >= 15 is 0 Å². The number of carboxylic acid groups (broad SMARTS) is 1. The number of methoxy groups -OCH3 is 1. The summed E-state index contributed by atoms with van der Waals surface area (Å²) in [7, 11) is 1.41. The van der Waals surface area contributed by atoms with Crippen molar-refractivity contribution >= 4 is 51.9 Å². The minimum Gasteiger partial charge on any atom is -0.497 e. The van der Waals surface area contributed by atoms with Crippen LogP contribution in [0.5, 0.6) is 5.75 Å². The number of hydrogen-bond donors (Lipinski definition) is 1. The molecule has 1 atom stereocenters. The number of nitrogens with zero attached hydrogens (tertiary/aromatic N) is 2. The van der Waals surface area contributed by atoms with Crippen LogP contribution in [0, 0.1) is 16.0 Å². The second kappa shape index (κ2) is 9.53. The molecule has 0 aliphatic carbocycles. The zero-order chi connectivity index (χ0) is 23.6. The van der Waals surface area contributed by atoms with Crippen LogP contribution in [0.4, 0.5) is 5.69 Å². The molecule has 1 amide bonds. The molecule has 1 N–H and O–H groups in total. The highest BCUT2D eigenvalue weighted by atomic mass is 32.2. The van der Waals surface area contributed by atoms with Gasteiger partial charge in [-0.05, 0) is 36.6 Å². The Bertz CT molecular complexity index is 1120. The molecule has 9 nitrogen and oxygen atoms in total. The molecule has 1 aliphatic rings. The summed E-state index contributed by atoms with van der Waals surface area (Å²) in [5, 5.41) is 21.0. The maximum absolute atomic E-state index is 12.9. The van der Waals surface area contributed by atoms with Gasteiger partial charge in [0, 0.05) is 6.08 Å². The van der Waals surface area contributed by atoms with Crippen LogP contribution >= 0.6 is 24.0 Å². The van der Waals surface area contributed by atoms with Crippen LogP contribution in [-0.4, -0.2) is 44.3 Å². The number of aliphatic carboxylic acids is 1. The van der Waals surface area contributed by atoms with Crippen molar-refractivity contribution in [3.05, 3.63) is 51.1 Å². The van der Waals surface area contributed by atoms with Gasteiger partial charge in [0.1, 0.15) is 27.6 Å². The lowest BCUT2D eigenvalue weighted by atomic mass is 10.0. The first kappa shape index (κ1) is 23.5. The van der Waals surface area contributed by atoms with Gasteiger partial charge in [0.05, 0.1) is 28.6 Å². The lowest BCUT2D eigenvalue weighted by Crippen LogP contribution is -2.44. The fourth-order valence-corrected chi connectivity index (χ4v) is 4.55. The highest BCUT2D eigenvalue weighted by Crippen LogP contribution is 2.37. The number of benzene rings is 1. The Morgan fingerprint density at radius 3 is 2.69 bits per heavy atom. The summed E-state index contributed by atoms with van der Waals surface area (Å²) in [4.78, 5) is 36.8. The van der Waals surface area contributed by atoms with Crippen molar-refractivity contribution in [2.75, 3.05) is 7.11 Å². The summed E-state index contributed by atoms with van der Waals surface area (Å²) < 4.78 is 10.9. The number of furan rings is 1. The number of thioether (sulfide) groups is 1. The predicted molar refractivity (Wildman–Crippen MR) is 123 cm³/mol. The highest BCUT2D eigenvalue weighted by Gasteiger charge is 2.40. The van der Waals surface area contributed by atoms with Crippen LogP contribution in [0.1, 0.15) is 26.0 Å². The van der Waals surface area contributed by atoms with E-state index in [1.165, 1.54) is 25.3 Å². The Morgan fingerprint density at radius 2 is 2.09 bits per heavy atom. The maximum atomic E-state index is 12.9. The van der Waals surface area contributed by atoms with E-state index in [9.17, 15) is 24.8 Å². The average Bonchev–Trinajstić information content (AvgIpc) is 3.30. The first-order valence-corrected chi connectivity index (χ1v) is 10.8. The summed E-state index contributed by atoms with van der Waals surface area (Å²) in [6.07, 6.45) is 1.72. The van der Waals surface area contributed by atoms with Gasteiger partial charge in [-0.1, -0.05) is 37.8 Å². The Morgan fingerprint density at radius 1 is 1.38 bits per heavy atom. The lowest BCUT2D eigenvalue weighted by molar-refractivity contribution is -0.384. The van der Waals surface area contributed by atoms with Gasteiger partial charge in [0.2, 0.25) is 0 Å². The van der Waals surface area contributed by atoms with Crippen molar-refractivity contribution in [1.29, 1.82) is 0 Å². The van der Waals surface area contributed by atoms with Crippen molar-refractivity contribution in [2.24, 2.45) is 5.92 Å². The SMILES string of the molecule is COc1ccc(-c2ccc(/C=C3/SC(=S)N([C@H](CC(C)C)C(=O)O)C3=O)o2)c([N+](=O)[O-])c1. The minimum atomic E-state index is -1.12. The van der Waals surface area contributed by atoms with E-state index < -0.39 is 22.8 Å². The number of rotatable bonds is 8. The first-order valence-electron chi connectivity index (χ1n) is 9.54. The lowest BCUT2D eigenvalue weighted by Gasteiger charge is -2.24. The predicted octanol–water partition coefficient (Wildman–Crippen LogP) is 4.56. The molecule has 0 bridgehead atoms. The molecule has 11 heteroatoms. The van der Waals surface area contributed by atoms with E-state index in [0.29, 0.717) is 5.75 Å². The van der Waals surface area contributed by atoms with Gasteiger partial charge in [0.15, 0.2) is 0 Å². The fraction of sp³-hybridized carbons (Fsp3) is 0.286.